The fraction of sp³-hybridized carbons (Fsp3) is 0.510. The molecule has 0 unspecified atom stereocenters. The summed E-state index contributed by atoms with van der Waals surface area (Å²) in [7, 11) is 18.2. The van der Waals surface area contributed by atoms with Gasteiger partial charge in [0.2, 0.25) is 0 Å². The molecule has 0 fully saturated rings. The number of nitrogens with zero attached hydrogens (tertiary/aromatic N) is 4. The van der Waals surface area contributed by atoms with E-state index < -0.39 is 5.41 Å². The van der Waals surface area contributed by atoms with Gasteiger partial charge in [-0.05, 0) is 0 Å². The zero-order valence-corrected chi connectivity index (χ0v) is 36.8. The molecular formula is C49H76N4O4+4. The van der Waals surface area contributed by atoms with Gasteiger partial charge in [-0.3, -0.25) is 0 Å². The van der Waals surface area contributed by atoms with E-state index in [0.29, 0.717) is 52.9 Å². The molecule has 8 nitrogen and oxygen atoms in total. The summed E-state index contributed by atoms with van der Waals surface area (Å²) in [4.78, 5) is 0. The average Bonchev–Trinajstić information content (AvgIpc) is 3.16. The molecule has 0 heterocycles. The van der Waals surface area contributed by atoms with Crippen LogP contribution in [0.5, 0.6) is 0 Å². The van der Waals surface area contributed by atoms with Crippen molar-refractivity contribution in [3.63, 3.8) is 0 Å². The number of benzene rings is 4. The van der Waals surface area contributed by atoms with E-state index in [1.165, 1.54) is 22.3 Å². The van der Waals surface area contributed by atoms with Crippen molar-refractivity contribution in [1.82, 2.24) is 0 Å². The third-order valence-corrected chi connectivity index (χ3v) is 10.8. The first kappa shape index (κ1) is 46.3. The van der Waals surface area contributed by atoms with E-state index in [1.54, 1.807) is 0 Å². The highest BCUT2D eigenvalue weighted by molar-refractivity contribution is 5.15. The van der Waals surface area contributed by atoms with Gasteiger partial charge in [0.05, 0.1) is 115 Å². The van der Waals surface area contributed by atoms with Gasteiger partial charge in [0.25, 0.3) is 0 Å². The highest BCUT2D eigenvalue weighted by Crippen LogP contribution is 2.23. The fourth-order valence-corrected chi connectivity index (χ4v) is 7.28. The van der Waals surface area contributed by atoms with Gasteiger partial charge in [-0.1, -0.05) is 121 Å². The van der Waals surface area contributed by atoms with Gasteiger partial charge >= 0.3 is 0 Å². The van der Waals surface area contributed by atoms with Crippen molar-refractivity contribution < 1.29 is 36.9 Å². The Morgan fingerprint density at radius 3 is 0.702 bits per heavy atom. The molecule has 0 radical (unpaired) electrons. The van der Waals surface area contributed by atoms with E-state index in [0.717, 1.165) is 70.3 Å². The van der Waals surface area contributed by atoms with Crippen LogP contribution in [0.4, 0.5) is 0 Å². The lowest BCUT2D eigenvalue weighted by molar-refractivity contribution is -0.904. The molecule has 0 aliphatic rings. The Balaban J connectivity index is 1.43. The highest BCUT2D eigenvalue weighted by Gasteiger charge is 2.34. The highest BCUT2D eigenvalue weighted by atomic mass is 16.5. The lowest BCUT2D eigenvalue weighted by Crippen LogP contribution is -2.47. The minimum Gasteiger partial charge on any atom is -0.375 e. The summed E-state index contributed by atoms with van der Waals surface area (Å²) in [6.45, 7) is 12.0. The average molecular weight is 785 g/mol. The van der Waals surface area contributed by atoms with Crippen molar-refractivity contribution in [1.29, 1.82) is 0 Å². The summed E-state index contributed by atoms with van der Waals surface area (Å²) >= 11 is 0. The van der Waals surface area contributed by atoms with Gasteiger partial charge in [0, 0.05) is 22.3 Å². The van der Waals surface area contributed by atoms with Crippen LogP contribution in [0.1, 0.15) is 22.3 Å². The number of rotatable bonds is 28. The van der Waals surface area contributed by atoms with Crippen LogP contribution < -0.4 is 0 Å². The topological polar surface area (TPSA) is 36.9 Å². The summed E-state index contributed by atoms with van der Waals surface area (Å²) < 4.78 is 29.9. The SMILES string of the molecule is C[N+](C)(CCOCC(COCC[N+](C)(C)Cc1ccccc1)(COCC[N+](C)(C)Cc1ccccc1)COCC[N+](C)(C)Cc1ccccc1)Cc1ccccc1. The van der Waals surface area contributed by atoms with E-state index in [9.17, 15) is 0 Å². The first-order valence-corrected chi connectivity index (χ1v) is 20.9. The molecule has 0 saturated carbocycles. The predicted octanol–water partition coefficient (Wildman–Crippen LogP) is 7.15. The lowest BCUT2D eigenvalue weighted by atomic mass is 9.92. The monoisotopic (exact) mass is 785 g/mol. The van der Waals surface area contributed by atoms with Crippen LogP contribution in [-0.2, 0) is 45.1 Å². The van der Waals surface area contributed by atoms with E-state index in [4.69, 9.17) is 18.9 Å². The van der Waals surface area contributed by atoms with Crippen molar-refractivity contribution in [3.8, 4) is 0 Å². The van der Waals surface area contributed by atoms with Crippen LogP contribution in [0, 0.1) is 5.41 Å². The van der Waals surface area contributed by atoms with Crippen molar-refractivity contribution in [2.75, 3.05) is 135 Å². The van der Waals surface area contributed by atoms with Crippen LogP contribution in [0.2, 0.25) is 0 Å². The zero-order chi connectivity index (χ0) is 41.1. The van der Waals surface area contributed by atoms with Crippen molar-refractivity contribution in [3.05, 3.63) is 144 Å². The maximum absolute atomic E-state index is 6.64. The summed E-state index contributed by atoms with van der Waals surface area (Å²) in [5.74, 6) is 0. The van der Waals surface area contributed by atoms with Crippen molar-refractivity contribution in [2.24, 2.45) is 5.41 Å². The molecule has 0 N–H and O–H groups in total. The second-order valence-corrected chi connectivity index (χ2v) is 18.9. The summed E-state index contributed by atoms with van der Waals surface area (Å²) in [5, 5.41) is 0. The first-order valence-electron chi connectivity index (χ1n) is 20.9. The van der Waals surface area contributed by atoms with Gasteiger partial charge < -0.3 is 36.9 Å². The fourth-order valence-electron chi connectivity index (χ4n) is 7.28. The minimum absolute atomic E-state index is 0.458. The van der Waals surface area contributed by atoms with Gasteiger partial charge in [-0.25, -0.2) is 0 Å². The number of ether oxygens (including phenoxy) is 4. The second-order valence-electron chi connectivity index (χ2n) is 18.9. The molecule has 57 heavy (non-hydrogen) atoms. The van der Waals surface area contributed by atoms with E-state index in [1.807, 2.05) is 0 Å². The molecule has 0 aromatic heterocycles. The zero-order valence-electron chi connectivity index (χ0n) is 36.8. The number of likely N-dealkylation sites (N-methyl/N-ethyl adjacent to an activating group) is 4. The number of hydrogen-bond donors (Lipinski definition) is 0. The van der Waals surface area contributed by atoms with Crippen molar-refractivity contribution in [2.45, 2.75) is 26.2 Å². The van der Waals surface area contributed by atoms with E-state index >= 15 is 0 Å². The van der Waals surface area contributed by atoms with Crippen LogP contribution in [0.15, 0.2) is 121 Å². The molecule has 0 aliphatic carbocycles. The molecule has 4 aromatic rings. The van der Waals surface area contributed by atoms with Crippen LogP contribution >= 0.6 is 0 Å². The summed E-state index contributed by atoms with van der Waals surface area (Å²) in [6, 6.07) is 42.9. The Morgan fingerprint density at radius 2 is 0.509 bits per heavy atom. The molecule has 0 saturated heterocycles. The Morgan fingerprint density at radius 1 is 0.316 bits per heavy atom. The predicted molar refractivity (Wildman–Crippen MR) is 234 cm³/mol. The molecule has 4 aromatic carbocycles. The van der Waals surface area contributed by atoms with Crippen LogP contribution in [0.25, 0.3) is 0 Å². The van der Waals surface area contributed by atoms with Gasteiger partial charge in [0.1, 0.15) is 52.4 Å². The maximum atomic E-state index is 6.64. The Hall–Kier alpha value is -3.44. The Kier molecular flexibility index (Phi) is 18.4. The lowest BCUT2D eigenvalue weighted by Gasteiger charge is -2.36. The largest absolute Gasteiger partial charge is 0.375 e. The van der Waals surface area contributed by atoms with Crippen LogP contribution in [-0.4, -0.2) is 153 Å². The molecule has 0 atom stereocenters. The molecular weight excluding hydrogens is 709 g/mol. The molecule has 0 spiro atoms. The smallest absolute Gasteiger partial charge is 0.104 e. The van der Waals surface area contributed by atoms with Gasteiger partial charge in [0.15, 0.2) is 0 Å². The van der Waals surface area contributed by atoms with Crippen molar-refractivity contribution >= 4 is 0 Å². The number of quaternary nitrogens is 4. The third-order valence-electron chi connectivity index (χ3n) is 10.8. The molecule has 8 heteroatoms. The molecule has 312 valence electrons. The second kappa shape index (κ2) is 22.6. The van der Waals surface area contributed by atoms with E-state index in [2.05, 4.69) is 178 Å². The maximum Gasteiger partial charge on any atom is 0.104 e. The molecule has 0 bridgehead atoms. The summed E-state index contributed by atoms with van der Waals surface area (Å²) in [6.07, 6.45) is 0. The molecule has 0 aliphatic heterocycles. The quantitative estimate of drug-likeness (QED) is 0.0454. The minimum atomic E-state index is -0.458. The molecule has 0 amide bonds. The van der Waals surface area contributed by atoms with Gasteiger partial charge in [-0.15, -0.1) is 0 Å². The molecule has 4 rings (SSSR count). The Labute approximate surface area is 346 Å². The summed E-state index contributed by atoms with van der Waals surface area (Å²) in [5.41, 5.74) is 4.89. The van der Waals surface area contributed by atoms with Crippen LogP contribution in [0.3, 0.4) is 0 Å². The standard InChI is InChI=1S/C49H76N4O4/c1-50(2,37-45-21-13-9-14-22-45)29-33-54-41-49(42-55-34-30-51(3,4)38-46-23-15-10-16-24-46,43-56-35-31-52(5,6)39-47-25-17-11-18-26-47)44-57-36-32-53(7,8)40-48-27-19-12-20-28-48/h9-28H,29-44H2,1-8H3/q+4. The Bertz CT molecular complexity index is 1400. The van der Waals surface area contributed by atoms with E-state index in [-0.39, 0.29) is 0 Å². The normalized spacial score (nSPS) is 12.9. The number of hydrogen-bond acceptors (Lipinski definition) is 4. The first-order chi connectivity index (χ1) is 27.1. The third kappa shape index (κ3) is 18.8. The van der Waals surface area contributed by atoms with Gasteiger partial charge in [-0.2, -0.15) is 0 Å².